The molecular weight excluding hydrogens is 304 g/mol. The highest BCUT2D eigenvalue weighted by atomic mass is 35.5. The smallest absolute Gasteiger partial charge is 0.222 e. The number of carbonyl (C=O) groups is 1. The fourth-order valence-electron chi connectivity index (χ4n) is 2.60. The maximum atomic E-state index is 12.0. The quantitative estimate of drug-likeness (QED) is 0.868. The zero-order chi connectivity index (χ0) is 15.5. The minimum Gasteiger partial charge on any atom is -0.494 e. The van der Waals surface area contributed by atoms with Crippen LogP contribution in [0.25, 0.3) is 5.69 Å². The van der Waals surface area contributed by atoms with Gasteiger partial charge in [-0.1, -0.05) is 11.6 Å². The predicted octanol–water partition coefficient (Wildman–Crippen LogP) is 2.44. The molecule has 0 radical (unpaired) electrons. The summed E-state index contributed by atoms with van der Waals surface area (Å²) in [6, 6.07) is 5.32. The number of nitrogens with zero attached hydrogens (tertiary/aromatic N) is 4. The molecule has 1 aliphatic heterocycles. The molecule has 0 N–H and O–H groups in total. The summed E-state index contributed by atoms with van der Waals surface area (Å²) in [7, 11) is 1.59. The summed E-state index contributed by atoms with van der Waals surface area (Å²) < 4.78 is 7.04. The van der Waals surface area contributed by atoms with Gasteiger partial charge >= 0.3 is 0 Å². The lowest BCUT2D eigenvalue weighted by atomic mass is 10.1. The Morgan fingerprint density at radius 1 is 1.36 bits per heavy atom. The predicted molar refractivity (Wildman–Crippen MR) is 82.2 cm³/mol. The molecule has 1 aromatic carbocycles. The van der Waals surface area contributed by atoms with Crippen LogP contribution in [0.4, 0.5) is 0 Å². The minimum atomic E-state index is 0.166. The van der Waals surface area contributed by atoms with Gasteiger partial charge in [-0.2, -0.15) is 5.10 Å². The summed E-state index contributed by atoms with van der Waals surface area (Å²) >= 11 is 6.08. The van der Waals surface area contributed by atoms with Gasteiger partial charge in [-0.3, -0.25) is 4.79 Å². The van der Waals surface area contributed by atoms with E-state index in [1.807, 2.05) is 4.90 Å². The van der Waals surface area contributed by atoms with E-state index >= 15 is 0 Å². The molecule has 1 aliphatic rings. The lowest BCUT2D eigenvalue weighted by Gasteiger charge is -2.26. The molecule has 1 aromatic heterocycles. The van der Waals surface area contributed by atoms with Crippen LogP contribution in [0.1, 0.15) is 25.1 Å². The van der Waals surface area contributed by atoms with Crippen LogP contribution in [0.5, 0.6) is 5.75 Å². The Morgan fingerprint density at radius 3 is 3.00 bits per heavy atom. The van der Waals surface area contributed by atoms with Crippen molar-refractivity contribution < 1.29 is 9.53 Å². The van der Waals surface area contributed by atoms with Gasteiger partial charge in [-0.05, 0) is 31.0 Å². The Labute approximate surface area is 133 Å². The summed E-state index contributed by atoms with van der Waals surface area (Å²) in [5.41, 5.74) is 0.715. The number of benzene rings is 1. The maximum Gasteiger partial charge on any atom is 0.222 e. The van der Waals surface area contributed by atoms with Crippen LogP contribution in [0.2, 0.25) is 5.02 Å². The number of amides is 1. The summed E-state index contributed by atoms with van der Waals surface area (Å²) in [6.45, 7) is 1.20. The molecule has 3 rings (SSSR count). The van der Waals surface area contributed by atoms with Crippen molar-refractivity contribution in [2.24, 2.45) is 0 Å². The third-order valence-electron chi connectivity index (χ3n) is 3.74. The van der Waals surface area contributed by atoms with Gasteiger partial charge in [0.25, 0.3) is 0 Å². The third-order valence-corrected chi connectivity index (χ3v) is 3.98. The molecule has 6 nitrogen and oxygen atoms in total. The zero-order valence-corrected chi connectivity index (χ0v) is 13.1. The SMILES string of the molecule is COc1ccc(Cl)cc1-n1ncnc1CN1CCCCC1=O. The van der Waals surface area contributed by atoms with Crippen molar-refractivity contribution in [3.05, 3.63) is 35.4 Å². The number of methoxy groups -OCH3 is 1. The van der Waals surface area contributed by atoms with Crippen LogP contribution in [-0.2, 0) is 11.3 Å². The number of aromatic nitrogens is 3. The number of ether oxygens (including phenoxy) is 1. The second-order valence-corrected chi connectivity index (χ2v) is 5.61. The number of halogens is 1. The van der Waals surface area contributed by atoms with E-state index in [0.717, 1.165) is 19.4 Å². The lowest BCUT2D eigenvalue weighted by Crippen LogP contribution is -2.35. The van der Waals surface area contributed by atoms with E-state index in [0.29, 0.717) is 35.2 Å². The van der Waals surface area contributed by atoms with Crippen molar-refractivity contribution in [2.45, 2.75) is 25.8 Å². The molecule has 0 aliphatic carbocycles. The number of rotatable bonds is 4. The normalized spacial score (nSPS) is 15.2. The Morgan fingerprint density at radius 2 is 2.23 bits per heavy atom. The Kier molecular flexibility index (Phi) is 4.29. The van der Waals surface area contributed by atoms with E-state index in [4.69, 9.17) is 16.3 Å². The molecule has 2 aromatic rings. The van der Waals surface area contributed by atoms with E-state index < -0.39 is 0 Å². The number of carbonyl (C=O) groups excluding carboxylic acids is 1. The number of hydrogen-bond donors (Lipinski definition) is 0. The van der Waals surface area contributed by atoms with E-state index in [1.165, 1.54) is 6.33 Å². The average Bonchev–Trinajstić information content (AvgIpc) is 2.97. The molecule has 7 heteroatoms. The monoisotopic (exact) mass is 320 g/mol. The highest BCUT2D eigenvalue weighted by Crippen LogP contribution is 2.27. The molecule has 1 saturated heterocycles. The van der Waals surface area contributed by atoms with Crippen molar-refractivity contribution in [1.29, 1.82) is 0 Å². The van der Waals surface area contributed by atoms with Gasteiger partial charge < -0.3 is 9.64 Å². The summed E-state index contributed by atoms with van der Waals surface area (Å²) in [5.74, 6) is 1.51. The molecule has 0 saturated carbocycles. The van der Waals surface area contributed by atoms with Gasteiger partial charge in [0.15, 0.2) is 5.82 Å². The van der Waals surface area contributed by atoms with Crippen molar-refractivity contribution in [1.82, 2.24) is 19.7 Å². The zero-order valence-electron chi connectivity index (χ0n) is 12.3. The van der Waals surface area contributed by atoms with Gasteiger partial charge in [-0.15, -0.1) is 0 Å². The number of hydrogen-bond acceptors (Lipinski definition) is 4. The van der Waals surface area contributed by atoms with Crippen LogP contribution in [0.3, 0.4) is 0 Å². The van der Waals surface area contributed by atoms with Crippen LogP contribution in [-0.4, -0.2) is 39.2 Å². The number of piperidine rings is 1. The third kappa shape index (κ3) is 2.92. The molecule has 1 amide bonds. The molecule has 1 fully saturated rings. The molecular formula is C15H17ClN4O2. The van der Waals surface area contributed by atoms with E-state index in [9.17, 15) is 4.79 Å². The van der Waals surface area contributed by atoms with Crippen molar-refractivity contribution in [3.8, 4) is 11.4 Å². The number of likely N-dealkylation sites (tertiary alicyclic amines) is 1. The molecule has 0 spiro atoms. The first-order chi connectivity index (χ1) is 10.7. The molecule has 0 bridgehead atoms. The van der Waals surface area contributed by atoms with E-state index in [1.54, 1.807) is 30.0 Å². The van der Waals surface area contributed by atoms with Crippen LogP contribution >= 0.6 is 11.6 Å². The fourth-order valence-corrected chi connectivity index (χ4v) is 2.77. The minimum absolute atomic E-state index is 0.166. The Hall–Kier alpha value is -2.08. The van der Waals surface area contributed by atoms with Crippen LogP contribution < -0.4 is 4.74 Å². The van der Waals surface area contributed by atoms with Crippen molar-refractivity contribution in [2.75, 3.05) is 13.7 Å². The second kappa shape index (κ2) is 6.36. The van der Waals surface area contributed by atoms with Crippen LogP contribution in [0.15, 0.2) is 24.5 Å². The fraction of sp³-hybridized carbons (Fsp3) is 0.400. The lowest BCUT2D eigenvalue weighted by molar-refractivity contribution is -0.134. The van der Waals surface area contributed by atoms with Gasteiger partial charge in [0.2, 0.25) is 5.91 Å². The highest BCUT2D eigenvalue weighted by molar-refractivity contribution is 6.30. The first-order valence-corrected chi connectivity index (χ1v) is 7.57. The molecule has 2 heterocycles. The van der Waals surface area contributed by atoms with Crippen molar-refractivity contribution >= 4 is 17.5 Å². The average molecular weight is 321 g/mol. The standard InChI is InChI=1S/C15H17ClN4O2/c1-22-13-6-5-11(16)8-12(13)20-14(17-10-18-20)9-19-7-3-2-4-15(19)21/h5-6,8,10H,2-4,7,9H2,1H3. The first kappa shape index (κ1) is 14.8. The summed E-state index contributed by atoms with van der Waals surface area (Å²) in [6.07, 6.45) is 4.07. The molecule has 22 heavy (non-hydrogen) atoms. The summed E-state index contributed by atoms with van der Waals surface area (Å²) in [5, 5.41) is 4.84. The second-order valence-electron chi connectivity index (χ2n) is 5.18. The maximum absolute atomic E-state index is 12.0. The molecule has 0 atom stereocenters. The largest absolute Gasteiger partial charge is 0.494 e. The highest BCUT2D eigenvalue weighted by Gasteiger charge is 2.21. The van der Waals surface area contributed by atoms with Crippen LogP contribution in [0, 0.1) is 0 Å². The first-order valence-electron chi connectivity index (χ1n) is 7.19. The topological polar surface area (TPSA) is 60.2 Å². The van der Waals surface area contributed by atoms with Gasteiger partial charge in [0, 0.05) is 18.0 Å². The van der Waals surface area contributed by atoms with Gasteiger partial charge in [-0.25, -0.2) is 9.67 Å². The molecule has 116 valence electrons. The van der Waals surface area contributed by atoms with Gasteiger partial charge in [0.1, 0.15) is 17.8 Å². The Bertz CT molecular complexity index is 686. The van der Waals surface area contributed by atoms with E-state index in [2.05, 4.69) is 10.1 Å². The Balaban J connectivity index is 1.92. The van der Waals surface area contributed by atoms with Gasteiger partial charge in [0.05, 0.1) is 13.7 Å². The molecule has 0 unspecified atom stereocenters. The summed E-state index contributed by atoms with van der Waals surface area (Å²) in [4.78, 5) is 18.1. The van der Waals surface area contributed by atoms with Crippen molar-refractivity contribution in [3.63, 3.8) is 0 Å². The van der Waals surface area contributed by atoms with E-state index in [-0.39, 0.29) is 5.91 Å².